The van der Waals surface area contributed by atoms with E-state index < -0.39 is 30.0 Å². The van der Waals surface area contributed by atoms with Crippen molar-refractivity contribution in [3.8, 4) is 5.75 Å². The second-order valence-corrected chi connectivity index (χ2v) is 7.85. The highest BCUT2D eigenvalue weighted by Crippen LogP contribution is 2.34. The number of aliphatic imine (C=N–C) groups is 1. The zero-order valence-corrected chi connectivity index (χ0v) is 19.2. The SMILES string of the molecule is CCC1=C(N)C(Cl)=C(C(=O)OCc2cc(F)cc(F)c2)N=C(c2ccc(Cl)c(OC)c2F)C1. The molecule has 2 aromatic rings. The Hall–Kier alpha value is -2.97. The minimum absolute atomic E-state index is 0.0406. The summed E-state index contributed by atoms with van der Waals surface area (Å²) in [6.45, 7) is 1.38. The van der Waals surface area contributed by atoms with Gasteiger partial charge < -0.3 is 15.2 Å². The van der Waals surface area contributed by atoms with Crippen LogP contribution in [0.3, 0.4) is 0 Å². The predicted molar refractivity (Wildman–Crippen MR) is 120 cm³/mol. The van der Waals surface area contributed by atoms with Crippen LogP contribution < -0.4 is 10.5 Å². The van der Waals surface area contributed by atoms with Crippen LogP contribution in [-0.4, -0.2) is 18.8 Å². The lowest BCUT2D eigenvalue weighted by Gasteiger charge is -2.12. The normalized spacial score (nSPS) is 14.2. The van der Waals surface area contributed by atoms with Gasteiger partial charge in [0.25, 0.3) is 0 Å². The summed E-state index contributed by atoms with van der Waals surface area (Å²) in [4.78, 5) is 17.1. The van der Waals surface area contributed by atoms with Gasteiger partial charge in [-0.2, -0.15) is 0 Å². The van der Waals surface area contributed by atoms with Crippen LogP contribution in [0.15, 0.2) is 57.3 Å². The van der Waals surface area contributed by atoms with Gasteiger partial charge in [-0.3, -0.25) is 0 Å². The number of carbonyl (C=O) groups excluding carboxylic acids is 1. The summed E-state index contributed by atoms with van der Waals surface area (Å²) in [6.07, 6.45) is 0.560. The van der Waals surface area contributed by atoms with E-state index in [0.29, 0.717) is 18.1 Å². The molecule has 5 nitrogen and oxygen atoms in total. The number of rotatable bonds is 6. The van der Waals surface area contributed by atoms with E-state index in [4.69, 9.17) is 38.4 Å². The largest absolute Gasteiger partial charge is 0.492 e. The summed E-state index contributed by atoms with van der Waals surface area (Å²) in [7, 11) is 1.27. The number of halogens is 5. The van der Waals surface area contributed by atoms with E-state index in [-0.39, 0.29) is 50.5 Å². The minimum atomic E-state index is -0.996. The van der Waals surface area contributed by atoms with E-state index in [2.05, 4.69) is 4.99 Å². The van der Waals surface area contributed by atoms with E-state index in [0.717, 1.165) is 12.1 Å². The van der Waals surface area contributed by atoms with Crippen molar-refractivity contribution in [1.82, 2.24) is 0 Å². The van der Waals surface area contributed by atoms with E-state index in [1.54, 1.807) is 0 Å². The molecule has 10 heteroatoms. The average molecular weight is 499 g/mol. The van der Waals surface area contributed by atoms with Crippen LogP contribution in [0.5, 0.6) is 5.75 Å². The molecule has 0 radical (unpaired) electrons. The third-order valence-electron chi connectivity index (χ3n) is 4.93. The van der Waals surface area contributed by atoms with Crippen LogP contribution in [0, 0.1) is 17.5 Å². The van der Waals surface area contributed by atoms with E-state index in [9.17, 15) is 13.6 Å². The fourth-order valence-electron chi connectivity index (χ4n) is 3.26. The van der Waals surface area contributed by atoms with Gasteiger partial charge in [-0.05, 0) is 41.8 Å². The molecule has 0 aromatic heterocycles. The lowest BCUT2D eigenvalue weighted by molar-refractivity contribution is -0.140. The Balaban J connectivity index is 2.03. The first kappa shape index (κ1) is 24.7. The first-order valence-corrected chi connectivity index (χ1v) is 10.5. The van der Waals surface area contributed by atoms with Crippen molar-refractivity contribution in [2.75, 3.05) is 7.11 Å². The number of esters is 1. The van der Waals surface area contributed by atoms with Crippen LogP contribution in [-0.2, 0) is 16.1 Å². The van der Waals surface area contributed by atoms with Gasteiger partial charge in [0, 0.05) is 18.1 Å². The first-order valence-electron chi connectivity index (χ1n) is 9.75. The highest BCUT2D eigenvalue weighted by Gasteiger charge is 2.27. The van der Waals surface area contributed by atoms with E-state index in [1.807, 2.05) is 6.92 Å². The lowest BCUT2D eigenvalue weighted by atomic mass is 9.99. The Labute approximate surface area is 198 Å². The Morgan fingerprint density at radius 2 is 1.82 bits per heavy atom. The van der Waals surface area contributed by atoms with Gasteiger partial charge in [-0.15, -0.1) is 0 Å². The van der Waals surface area contributed by atoms with E-state index >= 15 is 4.39 Å². The smallest absolute Gasteiger partial charge is 0.358 e. The van der Waals surface area contributed by atoms with Crippen molar-refractivity contribution in [2.45, 2.75) is 26.4 Å². The van der Waals surface area contributed by atoms with Crippen LogP contribution >= 0.6 is 23.2 Å². The molecule has 0 amide bonds. The highest BCUT2D eigenvalue weighted by atomic mass is 35.5. The minimum Gasteiger partial charge on any atom is -0.492 e. The molecule has 1 aliphatic rings. The molecule has 0 unspecified atom stereocenters. The molecule has 1 heterocycles. The summed E-state index contributed by atoms with van der Waals surface area (Å²) in [5.74, 6) is -3.58. The van der Waals surface area contributed by atoms with Crippen molar-refractivity contribution < 1.29 is 27.4 Å². The van der Waals surface area contributed by atoms with Crippen LogP contribution in [0.4, 0.5) is 13.2 Å². The van der Waals surface area contributed by atoms with Crippen molar-refractivity contribution >= 4 is 34.9 Å². The number of methoxy groups -OCH3 is 1. The van der Waals surface area contributed by atoms with Gasteiger partial charge in [-0.1, -0.05) is 30.1 Å². The second kappa shape index (κ2) is 10.3. The second-order valence-electron chi connectivity index (χ2n) is 7.06. The molecule has 2 N–H and O–H groups in total. The number of hydrogen-bond acceptors (Lipinski definition) is 5. The van der Waals surface area contributed by atoms with Crippen molar-refractivity contribution in [3.63, 3.8) is 0 Å². The molecule has 0 atom stereocenters. The molecule has 0 aliphatic carbocycles. The Kier molecular flexibility index (Phi) is 7.71. The number of nitrogens with two attached hydrogens (primary N) is 1. The van der Waals surface area contributed by atoms with Gasteiger partial charge >= 0.3 is 5.97 Å². The molecule has 0 fully saturated rings. The zero-order chi connectivity index (χ0) is 24.3. The van der Waals surface area contributed by atoms with E-state index in [1.165, 1.54) is 19.2 Å². The summed E-state index contributed by atoms with van der Waals surface area (Å²) >= 11 is 12.3. The molecule has 2 aromatic carbocycles. The molecule has 0 bridgehead atoms. The highest BCUT2D eigenvalue weighted by molar-refractivity contribution is 6.34. The summed E-state index contributed by atoms with van der Waals surface area (Å²) in [6, 6.07) is 5.58. The summed E-state index contributed by atoms with van der Waals surface area (Å²) < 4.78 is 52.1. The number of hydrogen-bond donors (Lipinski definition) is 1. The Morgan fingerprint density at radius 3 is 2.42 bits per heavy atom. The molecular formula is C23H19Cl2F3N2O3. The molecule has 1 aliphatic heterocycles. The summed E-state index contributed by atoms with van der Waals surface area (Å²) in [5, 5.41) is -0.104. The quantitative estimate of drug-likeness (QED) is 0.512. The third-order valence-corrected chi connectivity index (χ3v) is 5.61. The molecule has 174 valence electrons. The monoisotopic (exact) mass is 498 g/mol. The standard InChI is InChI=1S/C23H19Cl2F3N2O3/c1-3-12-8-17(15-4-5-16(24)22(32-2)19(15)28)30-21(18(25)20(12)29)23(31)33-10-11-6-13(26)9-14(27)7-11/h4-7,9H,3,8,10,29H2,1-2H3. The topological polar surface area (TPSA) is 73.9 Å². The van der Waals surface area contributed by atoms with Crippen molar-refractivity contribution in [1.29, 1.82) is 0 Å². The van der Waals surface area contributed by atoms with Gasteiger partial charge in [0.2, 0.25) is 0 Å². The van der Waals surface area contributed by atoms with Crippen LogP contribution in [0.2, 0.25) is 5.02 Å². The third kappa shape index (κ3) is 5.34. The zero-order valence-electron chi connectivity index (χ0n) is 17.6. The van der Waals surface area contributed by atoms with Crippen LogP contribution in [0.1, 0.15) is 30.9 Å². The number of carbonyl (C=O) groups is 1. The average Bonchev–Trinajstić information content (AvgIpc) is 2.89. The molecule has 33 heavy (non-hydrogen) atoms. The molecule has 0 spiro atoms. The molecule has 0 saturated heterocycles. The maximum atomic E-state index is 15.1. The van der Waals surface area contributed by atoms with Crippen molar-refractivity contribution in [2.24, 2.45) is 10.7 Å². The number of nitrogens with zero attached hydrogens (tertiary/aromatic N) is 1. The number of benzene rings is 2. The maximum absolute atomic E-state index is 15.1. The molecule has 3 rings (SSSR count). The fourth-order valence-corrected chi connectivity index (χ4v) is 3.74. The lowest BCUT2D eigenvalue weighted by Crippen LogP contribution is -2.12. The van der Waals surface area contributed by atoms with Gasteiger partial charge in [0.15, 0.2) is 17.3 Å². The number of allylic oxidation sites excluding steroid dienone is 2. The number of ether oxygens (including phenoxy) is 2. The van der Waals surface area contributed by atoms with Gasteiger partial charge in [0.05, 0.1) is 28.6 Å². The predicted octanol–water partition coefficient (Wildman–Crippen LogP) is 5.78. The summed E-state index contributed by atoms with van der Waals surface area (Å²) in [5.41, 5.74) is 6.79. The molecule has 0 saturated carbocycles. The van der Waals surface area contributed by atoms with Gasteiger partial charge in [0.1, 0.15) is 18.2 Å². The molecular weight excluding hydrogens is 480 g/mol. The fraction of sp³-hybridized carbons (Fsp3) is 0.217. The van der Waals surface area contributed by atoms with Crippen LogP contribution in [0.25, 0.3) is 0 Å². The first-order chi connectivity index (χ1) is 15.7. The maximum Gasteiger partial charge on any atom is 0.358 e. The van der Waals surface area contributed by atoms with Gasteiger partial charge in [-0.25, -0.2) is 23.0 Å². The van der Waals surface area contributed by atoms with Crippen molar-refractivity contribution in [3.05, 3.63) is 85.9 Å². The Morgan fingerprint density at radius 1 is 1.15 bits per heavy atom. The Bertz CT molecular complexity index is 1190.